The third kappa shape index (κ3) is 3.03. The maximum Gasteiger partial charge on any atom is 0.0547 e. The minimum absolute atomic E-state index is 0.650. The molecule has 0 saturated carbocycles. The standard InChI is InChI=1S/C13H21N3/c1-11-4-3-5-13(15-11)10-16-9-8-14-7-6-12(16)2/h3-5,12,14H,6-10H2,1-2H3. The molecule has 0 radical (unpaired) electrons. The van der Waals surface area contributed by atoms with Gasteiger partial charge in [-0.2, -0.15) is 0 Å². The van der Waals surface area contributed by atoms with Crippen LogP contribution in [0.4, 0.5) is 0 Å². The molecule has 0 aromatic carbocycles. The van der Waals surface area contributed by atoms with E-state index in [9.17, 15) is 0 Å². The molecule has 1 fully saturated rings. The van der Waals surface area contributed by atoms with Gasteiger partial charge in [-0.3, -0.25) is 9.88 Å². The second-order valence-corrected chi connectivity index (χ2v) is 4.63. The summed E-state index contributed by atoms with van der Waals surface area (Å²) in [5.74, 6) is 0. The highest BCUT2D eigenvalue weighted by atomic mass is 15.2. The van der Waals surface area contributed by atoms with Crippen molar-refractivity contribution in [3.05, 3.63) is 29.6 Å². The first kappa shape index (κ1) is 11.6. The molecule has 0 aliphatic carbocycles. The molecule has 1 unspecified atom stereocenters. The van der Waals surface area contributed by atoms with Gasteiger partial charge in [-0.25, -0.2) is 0 Å². The molecule has 1 aromatic rings. The Balaban J connectivity index is 2.02. The van der Waals surface area contributed by atoms with E-state index in [0.717, 1.165) is 31.9 Å². The molecule has 2 heterocycles. The van der Waals surface area contributed by atoms with Crippen LogP contribution in [0.3, 0.4) is 0 Å². The normalized spacial score (nSPS) is 23.0. The van der Waals surface area contributed by atoms with Gasteiger partial charge in [0.15, 0.2) is 0 Å². The average molecular weight is 219 g/mol. The number of aromatic nitrogens is 1. The molecule has 1 aromatic heterocycles. The van der Waals surface area contributed by atoms with Crippen LogP contribution in [-0.2, 0) is 6.54 Å². The Hall–Kier alpha value is -0.930. The van der Waals surface area contributed by atoms with Crippen LogP contribution in [0.1, 0.15) is 24.7 Å². The summed E-state index contributed by atoms with van der Waals surface area (Å²) in [7, 11) is 0. The first-order valence-electron chi connectivity index (χ1n) is 6.13. The Morgan fingerprint density at radius 1 is 1.44 bits per heavy atom. The second-order valence-electron chi connectivity index (χ2n) is 4.63. The molecule has 1 aliphatic rings. The Kier molecular flexibility index (Phi) is 3.91. The predicted molar refractivity (Wildman–Crippen MR) is 66.3 cm³/mol. The third-order valence-corrected chi connectivity index (χ3v) is 3.25. The predicted octanol–water partition coefficient (Wildman–Crippen LogP) is 1.57. The minimum Gasteiger partial charge on any atom is -0.315 e. The lowest BCUT2D eigenvalue weighted by Gasteiger charge is -2.26. The second kappa shape index (κ2) is 5.41. The zero-order chi connectivity index (χ0) is 11.4. The number of nitrogens with one attached hydrogen (secondary N) is 1. The van der Waals surface area contributed by atoms with Crippen LogP contribution in [0.5, 0.6) is 0 Å². The molecule has 3 heteroatoms. The van der Waals surface area contributed by atoms with Crippen LogP contribution >= 0.6 is 0 Å². The van der Waals surface area contributed by atoms with Gasteiger partial charge in [0.25, 0.3) is 0 Å². The number of pyridine rings is 1. The van der Waals surface area contributed by atoms with Crippen molar-refractivity contribution in [3.63, 3.8) is 0 Å². The first-order chi connectivity index (χ1) is 7.75. The van der Waals surface area contributed by atoms with Gasteiger partial charge in [-0.15, -0.1) is 0 Å². The molecule has 2 rings (SSSR count). The largest absolute Gasteiger partial charge is 0.315 e. The van der Waals surface area contributed by atoms with Gasteiger partial charge in [-0.1, -0.05) is 6.07 Å². The fourth-order valence-corrected chi connectivity index (χ4v) is 2.19. The summed E-state index contributed by atoms with van der Waals surface area (Å²) in [6.45, 7) is 8.69. The van der Waals surface area contributed by atoms with Crippen LogP contribution < -0.4 is 5.32 Å². The van der Waals surface area contributed by atoms with Crippen molar-refractivity contribution in [2.75, 3.05) is 19.6 Å². The molecular weight excluding hydrogens is 198 g/mol. The Labute approximate surface area is 97.9 Å². The molecule has 1 saturated heterocycles. The molecule has 0 spiro atoms. The van der Waals surface area contributed by atoms with Crippen molar-refractivity contribution in [2.24, 2.45) is 0 Å². The highest BCUT2D eigenvalue weighted by Crippen LogP contribution is 2.10. The summed E-state index contributed by atoms with van der Waals surface area (Å²) < 4.78 is 0. The van der Waals surface area contributed by atoms with Gasteiger partial charge in [0.1, 0.15) is 0 Å². The Morgan fingerprint density at radius 2 is 2.31 bits per heavy atom. The quantitative estimate of drug-likeness (QED) is 0.818. The summed E-state index contributed by atoms with van der Waals surface area (Å²) in [6.07, 6.45) is 1.23. The van der Waals surface area contributed by atoms with E-state index >= 15 is 0 Å². The average Bonchev–Trinajstić information content (AvgIpc) is 2.45. The molecule has 0 amide bonds. The van der Waals surface area contributed by atoms with E-state index in [2.05, 4.69) is 47.2 Å². The van der Waals surface area contributed by atoms with Gasteiger partial charge in [0, 0.05) is 31.4 Å². The minimum atomic E-state index is 0.650. The van der Waals surface area contributed by atoms with Gasteiger partial charge in [0.2, 0.25) is 0 Å². The maximum atomic E-state index is 4.57. The lowest BCUT2D eigenvalue weighted by molar-refractivity contribution is 0.209. The molecule has 3 nitrogen and oxygen atoms in total. The smallest absolute Gasteiger partial charge is 0.0547 e. The van der Waals surface area contributed by atoms with Crippen LogP contribution in [0.2, 0.25) is 0 Å². The van der Waals surface area contributed by atoms with Crippen LogP contribution in [0.25, 0.3) is 0 Å². The molecule has 1 atom stereocenters. The van der Waals surface area contributed by atoms with Gasteiger partial charge in [-0.05, 0) is 38.9 Å². The maximum absolute atomic E-state index is 4.57. The number of hydrogen-bond donors (Lipinski definition) is 1. The van der Waals surface area contributed by atoms with Crippen molar-refractivity contribution >= 4 is 0 Å². The summed E-state index contributed by atoms with van der Waals surface area (Å²) in [6, 6.07) is 6.92. The molecular formula is C13H21N3. The van der Waals surface area contributed by atoms with Crippen molar-refractivity contribution in [2.45, 2.75) is 32.9 Å². The van der Waals surface area contributed by atoms with Crippen molar-refractivity contribution in [1.29, 1.82) is 0 Å². The SMILES string of the molecule is Cc1cccc(CN2CCNCCC2C)n1. The van der Waals surface area contributed by atoms with Crippen LogP contribution in [0.15, 0.2) is 18.2 Å². The van der Waals surface area contributed by atoms with E-state index in [0.29, 0.717) is 6.04 Å². The first-order valence-corrected chi connectivity index (χ1v) is 6.13. The van der Waals surface area contributed by atoms with Gasteiger partial charge >= 0.3 is 0 Å². The summed E-state index contributed by atoms with van der Waals surface area (Å²) in [5, 5.41) is 3.44. The van der Waals surface area contributed by atoms with Gasteiger partial charge < -0.3 is 5.32 Å². The van der Waals surface area contributed by atoms with Crippen LogP contribution in [-0.4, -0.2) is 35.6 Å². The molecule has 0 bridgehead atoms. The number of nitrogens with zero attached hydrogens (tertiary/aromatic N) is 2. The van der Waals surface area contributed by atoms with Crippen LogP contribution in [0, 0.1) is 6.92 Å². The molecule has 16 heavy (non-hydrogen) atoms. The summed E-state index contributed by atoms with van der Waals surface area (Å²) in [4.78, 5) is 7.09. The van der Waals surface area contributed by atoms with Crippen molar-refractivity contribution in [3.8, 4) is 0 Å². The number of aryl methyl sites for hydroxylation is 1. The molecule has 1 N–H and O–H groups in total. The van der Waals surface area contributed by atoms with Crippen molar-refractivity contribution in [1.82, 2.24) is 15.2 Å². The zero-order valence-electron chi connectivity index (χ0n) is 10.2. The van der Waals surface area contributed by atoms with E-state index in [1.165, 1.54) is 12.1 Å². The zero-order valence-corrected chi connectivity index (χ0v) is 10.2. The molecule has 1 aliphatic heterocycles. The fraction of sp³-hybridized carbons (Fsp3) is 0.615. The third-order valence-electron chi connectivity index (χ3n) is 3.25. The lowest BCUT2D eigenvalue weighted by Crippen LogP contribution is -2.34. The fourth-order valence-electron chi connectivity index (χ4n) is 2.19. The van der Waals surface area contributed by atoms with Gasteiger partial charge in [0.05, 0.1) is 5.69 Å². The Morgan fingerprint density at radius 3 is 3.12 bits per heavy atom. The Bertz CT molecular complexity index is 338. The van der Waals surface area contributed by atoms with E-state index in [1.54, 1.807) is 0 Å². The highest BCUT2D eigenvalue weighted by molar-refractivity contribution is 5.10. The number of rotatable bonds is 2. The van der Waals surface area contributed by atoms with E-state index in [4.69, 9.17) is 0 Å². The van der Waals surface area contributed by atoms with E-state index in [-0.39, 0.29) is 0 Å². The number of hydrogen-bond acceptors (Lipinski definition) is 3. The van der Waals surface area contributed by atoms with E-state index in [1.807, 2.05) is 0 Å². The topological polar surface area (TPSA) is 28.2 Å². The van der Waals surface area contributed by atoms with E-state index < -0.39 is 0 Å². The monoisotopic (exact) mass is 219 g/mol. The van der Waals surface area contributed by atoms with Crippen molar-refractivity contribution < 1.29 is 0 Å². The summed E-state index contributed by atoms with van der Waals surface area (Å²) >= 11 is 0. The highest BCUT2D eigenvalue weighted by Gasteiger charge is 2.16. The summed E-state index contributed by atoms with van der Waals surface area (Å²) in [5.41, 5.74) is 2.30. The lowest BCUT2D eigenvalue weighted by atomic mass is 10.2. The molecule has 88 valence electrons.